The fourth-order valence-corrected chi connectivity index (χ4v) is 12.7. The summed E-state index contributed by atoms with van der Waals surface area (Å²) in [7, 11) is 0. The van der Waals surface area contributed by atoms with Gasteiger partial charge >= 0.3 is 6.85 Å². The number of fused-ring (bicyclic) bond motifs is 13. The second-order valence-corrected chi connectivity index (χ2v) is 20.3. The van der Waals surface area contributed by atoms with Crippen molar-refractivity contribution in [3.63, 3.8) is 0 Å². The van der Waals surface area contributed by atoms with Crippen molar-refractivity contribution in [3.8, 4) is 22.3 Å². The van der Waals surface area contributed by atoms with Crippen LogP contribution in [0, 0.1) is 0 Å². The predicted octanol–water partition coefficient (Wildman–Crippen LogP) is 16.2. The summed E-state index contributed by atoms with van der Waals surface area (Å²) in [5.74, 6) is 0. The number of hydrogen-bond donors (Lipinski definition) is 0. The molecule has 10 aromatic carbocycles. The number of benzene rings is 10. The normalized spacial score (nSPS) is 12.9. The second kappa shape index (κ2) is 14.3. The van der Waals surface area contributed by atoms with Gasteiger partial charge in [0.05, 0.1) is 5.69 Å². The van der Waals surface area contributed by atoms with Crippen LogP contribution in [0.4, 0.5) is 34.1 Å². The lowest BCUT2D eigenvalue weighted by molar-refractivity contribution is 0.590. The van der Waals surface area contributed by atoms with E-state index in [1.54, 1.807) is 0 Å². The smallest absolute Gasteiger partial charge is 0.333 e. The van der Waals surface area contributed by atoms with Gasteiger partial charge in [-0.05, 0) is 105 Å². The summed E-state index contributed by atoms with van der Waals surface area (Å²) >= 11 is 1.94. The minimum Gasteiger partial charge on any atom is -0.375 e. The van der Waals surface area contributed by atoms with Gasteiger partial charge in [0.2, 0.25) is 0 Å². The summed E-state index contributed by atoms with van der Waals surface area (Å²) in [6.07, 6.45) is 0. The number of aromatic nitrogens is 1. The first-order chi connectivity index (χ1) is 32.9. The van der Waals surface area contributed by atoms with Gasteiger partial charge in [-0.15, -0.1) is 11.3 Å². The minimum absolute atomic E-state index is 0.0472. The average molecular weight is 874 g/mol. The molecule has 0 amide bonds. The van der Waals surface area contributed by atoms with E-state index in [1.807, 2.05) is 11.3 Å². The molecule has 14 rings (SSSR count). The molecule has 0 radical (unpaired) electrons. The van der Waals surface area contributed by atoms with Crippen LogP contribution in [0.5, 0.6) is 0 Å². The van der Waals surface area contributed by atoms with Gasteiger partial charge < -0.3 is 14.3 Å². The third-order valence-corrected chi connectivity index (χ3v) is 15.7. The number of para-hydroxylation sites is 3. The maximum absolute atomic E-state index is 2.71. The second-order valence-electron chi connectivity index (χ2n) is 19.2. The Labute approximate surface area is 394 Å². The molecule has 4 heterocycles. The minimum atomic E-state index is -0.105. The van der Waals surface area contributed by atoms with E-state index >= 15 is 0 Å². The zero-order chi connectivity index (χ0) is 44.5. The van der Waals surface area contributed by atoms with Crippen LogP contribution >= 0.6 is 11.3 Å². The Morgan fingerprint density at radius 3 is 1.94 bits per heavy atom. The molecule has 316 valence electrons. The maximum Gasteiger partial charge on any atom is 0.333 e. The lowest BCUT2D eigenvalue weighted by Crippen LogP contribution is -2.56. The number of hydrogen-bond acceptors (Lipinski definition) is 3. The quantitative estimate of drug-likeness (QED) is 0.160. The van der Waals surface area contributed by atoms with Crippen LogP contribution in [0.3, 0.4) is 0 Å². The molecule has 0 N–H and O–H groups in total. The summed E-state index contributed by atoms with van der Waals surface area (Å²) in [5.41, 5.74) is 18.4. The summed E-state index contributed by atoms with van der Waals surface area (Å²) in [4.78, 5) is 5.04. The topological polar surface area (TPSA) is 11.4 Å². The van der Waals surface area contributed by atoms with Gasteiger partial charge in [0.15, 0.2) is 0 Å². The van der Waals surface area contributed by atoms with Crippen molar-refractivity contribution >= 4 is 116 Å². The van der Waals surface area contributed by atoms with E-state index in [1.165, 1.54) is 103 Å². The first-order valence-electron chi connectivity index (χ1n) is 23.4. The summed E-state index contributed by atoms with van der Waals surface area (Å²) in [6.45, 7) is 6.85. The molecule has 12 aromatic rings. The number of nitrogens with zero attached hydrogens (tertiary/aromatic N) is 3. The van der Waals surface area contributed by atoms with Gasteiger partial charge in [0, 0.05) is 87.1 Å². The fourth-order valence-electron chi connectivity index (χ4n) is 11.5. The van der Waals surface area contributed by atoms with Crippen molar-refractivity contribution in [2.75, 3.05) is 9.80 Å². The highest BCUT2D eigenvalue weighted by Gasteiger charge is 2.45. The lowest BCUT2D eigenvalue weighted by atomic mass is 9.45. The molecule has 0 fully saturated rings. The highest BCUT2D eigenvalue weighted by atomic mass is 32.1. The van der Waals surface area contributed by atoms with Gasteiger partial charge in [-0.25, -0.2) is 0 Å². The van der Waals surface area contributed by atoms with Crippen LogP contribution in [-0.2, 0) is 5.41 Å². The molecule has 0 bridgehead atoms. The number of anilines is 6. The van der Waals surface area contributed by atoms with E-state index in [9.17, 15) is 0 Å². The molecular weight excluding hydrogens is 830 g/mol. The first kappa shape index (κ1) is 38.4. The lowest BCUT2D eigenvalue weighted by Gasteiger charge is -2.42. The maximum atomic E-state index is 2.71. The van der Waals surface area contributed by atoms with Gasteiger partial charge in [0.1, 0.15) is 0 Å². The monoisotopic (exact) mass is 873 g/mol. The third kappa shape index (κ3) is 5.59. The molecule has 0 saturated carbocycles. The zero-order valence-corrected chi connectivity index (χ0v) is 38.4. The molecule has 0 saturated heterocycles. The molecule has 0 spiro atoms. The molecule has 2 aromatic heterocycles. The molecule has 67 heavy (non-hydrogen) atoms. The number of thiophene rings is 1. The van der Waals surface area contributed by atoms with Crippen molar-refractivity contribution in [2.24, 2.45) is 0 Å². The van der Waals surface area contributed by atoms with Crippen LogP contribution in [-0.4, -0.2) is 11.3 Å². The summed E-state index contributed by atoms with van der Waals surface area (Å²) < 4.78 is 5.37. The van der Waals surface area contributed by atoms with Crippen molar-refractivity contribution in [2.45, 2.75) is 26.2 Å². The SMILES string of the molecule is CC(C)(C)c1ccc(N2c3cc(N(c4ccccc4)c4ccccc4)ccc3B3c4c2cc2c(sc5ccccc52)c4-c2cccc4c5c6ccccc6ccc5n3c24)c(-c2ccccc2)c1. The molecule has 0 aliphatic carbocycles. The highest BCUT2D eigenvalue weighted by molar-refractivity contribution is 7.26. The van der Waals surface area contributed by atoms with Crippen LogP contribution in [0.1, 0.15) is 26.3 Å². The van der Waals surface area contributed by atoms with Crippen LogP contribution in [0.2, 0.25) is 0 Å². The molecule has 2 aliphatic rings. The fraction of sp³-hybridized carbons (Fsp3) is 0.0645. The number of rotatable bonds is 5. The Hall–Kier alpha value is -7.86. The van der Waals surface area contributed by atoms with E-state index in [0.717, 1.165) is 22.7 Å². The van der Waals surface area contributed by atoms with E-state index < -0.39 is 0 Å². The van der Waals surface area contributed by atoms with Crippen molar-refractivity contribution in [1.29, 1.82) is 0 Å². The highest BCUT2D eigenvalue weighted by Crippen LogP contribution is 2.53. The van der Waals surface area contributed by atoms with Crippen LogP contribution < -0.4 is 20.7 Å². The summed E-state index contributed by atoms with van der Waals surface area (Å²) in [6, 6.07) is 79.4. The van der Waals surface area contributed by atoms with E-state index in [4.69, 9.17) is 0 Å². The van der Waals surface area contributed by atoms with Gasteiger partial charge in [-0.2, -0.15) is 0 Å². The Morgan fingerprint density at radius 2 is 1.18 bits per heavy atom. The Bertz CT molecular complexity index is 3940. The van der Waals surface area contributed by atoms with E-state index in [2.05, 4.69) is 247 Å². The average Bonchev–Trinajstić information content (AvgIpc) is 3.92. The van der Waals surface area contributed by atoms with E-state index in [0.29, 0.717) is 0 Å². The molecule has 3 nitrogen and oxygen atoms in total. The first-order valence-corrected chi connectivity index (χ1v) is 24.2. The van der Waals surface area contributed by atoms with Crippen LogP contribution in [0.25, 0.3) is 75.0 Å². The molecule has 2 aliphatic heterocycles. The molecule has 0 unspecified atom stereocenters. The van der Waals surface area contributed by atoms with Gasteiger partial charge in [-0.1, -0.05) is 166 Å². The van der Waals surface area contributed by atoms with Crippen LogP contribution in [0.15, 0.2) is 212 Å². The van der Waals surface area contributed by atoms with Crippen molar-refractivity contribution in [1.82, 2.24) is 4.48 Å². The molecule has 5 heteroatoms. The Kier molecular flexibility index (Phi) is 8.21. The molecule has 0 atom stereocenters. The Balaban J connectivity index is 1.17. The van der Waals surface area contributed by atoms with E-state index in [-0.39, 0.29) is 12.3 Å². The van der Waals surface area contributed by atoms with Crippen molar-refractivity contribution in [3.05, 3.63) is 218 Å². The third-order valence-electron chi connectivity index (χ3n) is 14.5. The summed E-state index contributed by atoms with van der Waals surface area (Å²) in [5, 5.41) is 7.78. The Morgan fingerprint density at radius 1 is 0.493 bits per heavy atom. The zero-order valence-electron chi connectivity index (χ0n) is 37.5. The van der Waals surface area contributed by atoms with Gasteiger partial charge in [0.25, 0.3) is 0 Å². The van der Waals surface area contributed by atoms with Crippen molar-refractivity contribution < 1.29 is 0 Å². The predicted molar refractivity (Wildman–Crippen MR) is 289 cm³/mol. The standard InChI is InChI=1S/C62H44BN3S/c1-62(2,3)41-31-35-52(49(36-41)39-18-7-4-8-19-39)65-54-37-44(64(42-21-9-5-10-22-42)43-23-11-6-12-24-43)32-33-51(54)63-59-55(65)38-50-46-26-15-16-29-56(46)67-61(50)58(59)48-28-17-27-47-57-45-25-14-13-20-40(45)30-34-53(57)66(63)60(47)48/h4-38H,1-3H3. The van der Waals surface area contributed by atoms with Gasteiger partial charge in [-0.3, -0.25) is 0 Å². The largest absolute Gasteiger partial charge is 0.375 e. The molecular formula is C62H44BN3S.